The molecule has 1 unspecified atom stereocenters. The number of carbonyl (C=O) groups excluding carboxylic acids is 1. The van der Waals surface area contributed by atoms with E-state index in [2.05, 4.69) is 6.07 Å². The Morgan fingerprint density at radius 3 is 2.86 bits per heavy atom. The normalized spacial score (nSPS) is 25.5. The van der Waals surface area contributed by atoms with Crippen LogP contribution in [0.5, 0.6) is 0 Å². The molecule has 74 valence electrons. The van der Waals surface area contributed by atoms with Crippen LogP contribution in [0.4, 0.5) is 0 Å². The quantitative estimate of drug-likeness (QED) is 0.718. The number of rotatable bonds is 1. The molecular formula is C12H15NO. The maximum atomic E-state index is 11.5. The summed E-state index contributed by atoms with van der Waals surface area (Å²) >= 11 is 0. The standard InChI is InChI=1S/C12H15NO/c1-12(11(13)14)8-4-6-9-5-2-3-7-10(9)12/h2-3,5,7H,4,6,8H2,1H3,(H2,13,14). The second-order valence-electron chi connectivity index (χ2n) is 4.21. The summed E-state index contributed by atoms with van der Waals surface area (Å²) < 4.78 is 0. The smallest absolute Gasteiger partial charge is 0.227 e. The lowest BCUT2D eigenvalue weighted by Crippen LogP contribution is -2.41. The van der Waals surface area contributed by atoms with Crippen LogP contribution in [0.1, 0.15) is 30.9 Å². The average Bonchev–Trinajstić information content (AvgIpc) is 2.18. The van der Waals surface area contributed by atoms with Crippen molar-refractivity contribution in [1.82, 2.24) is 0 Å². The second kappa shape index (κ2) is 3.12. The molecule has 0 radical (unpaired) electrons. The molecule has 0 spiro atoms. The van der Waals surface area contributed by atoms with E-state index in [4.69, 9.17) is 5.73 Å². The van der Waals surface area contributed by atoms with Crippen molar-refractivity contribution in [2.75, 3.05) is 0 Å². The van der Waals surface area contributed by atoms with E-state index in [1.165, 1.54) is 5.56 Å². The zero-order chi connectivity index (χ0) is 10.2. The van der Waals surface area contributed by atoms with Crippen LogP contribution in [-0.2, 0) is 16.6 Å². The molecule has 0 saturated carbocycles. The van der Waals surface area contributed by atoms with E-state index >= 15 is 0 Å². The monoisotopic (exact) mass is 189 g/mol. The van der Waals surface area contributed by atoms with Gasteiger partial charge >= 0.3 is 0 Å². The summed E-state index contributed by atoms with van der Waals surface area (Å²) in [6.45, 7) is 1.95. The molecule has 2 rings (SSSR count). The summed E-state index contributed by atoms with van der Waals surface area (Å²) in [7, 11) is 0. The van der Waals surface area contributed by atoms with Gasteiger partial charge in [0.1, 0.15) is 0 Å². The van der Waals surface area contributed by atoms with Crippen LogP contribution >= 0.6 is 0 Å². The zero-order valence-corrected chi connectivity index (χ0v) is 8.42. The highest BCUT2D eigenvalue weighted by Gasteiger charge is 2.36. The highest BCUT2D eigenvalue weighted by molar-refractivity contribution is 5.87. The molecule has 1 amide bonds. The van der Waals surface area contributed by atoms with Gasteiger partial charge in [0, 0.05) is 0 Å². The van der Waals surface area contributed by atoms with Gasteiger partial charge in [-0.15, -0.1) is 0 Å². The lowest BCUT2D eigenvalue weighted by Gasteiger charge is -2.32. The third-order valence-electron chi connectivity index (χ3n) is 3.28. The van der Waals surface area contributed by atoms with Crippen LogP contribution < -0.4 is 5.73 Å². The Morgan fingerprint density at radius 2 is 2.14 bits per heavy atom. The number of carbonyl (C=O) groups is 1. The molecule has 1 atom stereocenters. The summed E-state index contributed by atoms with van der Waals surface area (Å²) in [5.74, 6) is -0.204. The van der Waals surface area contributed by atoms with Gasteiger partial charge in [0.15, 0.2) is 0 Å². The first-order valence-corrected chi connectivity index (χ1v) is 5.03. The first-order valence-electron chi connectivity index (χ1n) is 5.03. The van der Waals surface area contributed by atoms with E-state index in [1.807, 2.05) is 25.1 Å². The molecule has 1 aliphatic carbocycles. The van der Waals surface area contributed by atoms with E-state index in [9.17, 15) is 4.79 Å². The molecule has 0 aliphatic heterocycles. The number of hydrogen-bond acceptors (Lipinski definition) is 1. The van der Waals surface area contributed by atoms with Gasteiger partial charge in [-0.25, -0.2) is 0 Å². The van der Waals surface area contributed by atoms with Crippen molar-refractivity contribution < 1.29 is 4.79 Å². The van der Waals surface area contributed by atoms with E-state index in [-0.39, 0.29) is 5.91 Å². The SMILES string of the molecule is CC1(C(N)=O)CCCc2ccccc21. The summed E-state index contributed by atoms with van der Waals surface area (Å²) in [6.07, 6.45) is 2.99. The number of aryl methyl sites for hydroxylation is 1. The molecule has 1 aliphatic rings. The molecule has 14 heavy (non-hydrogen) atoms. The van der Waals surface area contributed by atoms with Crippen molar-refractivity contribution in [3.8, 4) is 0 Å². The van der Waals surface area contributed by atoms with Gasteiger partial charge in [0.25, 0.3) is 0 Å². The fourth-order valence-electron chi connectivity index (χ4n) is 2.30. The van der Waals surface area contributed by atoms with Gasteiger partial charge in [0.2, 0.25) is 5.91 Å². The average molecular weight is 189 g/mol. The number of primary amides is 1. The van der Waals surface area contributed by atoms with Gasteiger partial charge in [0.05, 0.1) is 5.41 Å². The van der Waals surface area contributed by atoms with E-state index in [1.54, 1.807) is 0 Å². The predicted molar refractivity (Wildman–Crippen MR) is 55.9 cm³/mol. The first kappa shape index (κ1) is 9.25. The highest BCUT2D eigenvalue weighted by Crippen LogP contribution is 2.36. The Balaban J connectivity index is 2.55. The molecule has 2 heteroatoms. The molecular weight excluding hydrogens is 174 g/mol. The molecule has 1 aromatic carbocycles. The van der Waals surface area contributed by atoms with Crippen LogP contribution in [-0.4, -0.2) is 5.91 Å². The summed E-state index contributed by atoms with van der Waals surface area (Å²) in [6, 6.07) is 8.12. The lowest BCUT2D eigenvalue weighted by molar-refractivity contribution is -0.123. The Labute approximate surface area is 84.1 Å². The third kappa shape index (κ3) is 1.22. The molecule has 2 nitrogen and oxygen atoms in total. The van der Waals surface area contributed by atoms with Crippen LogP contribution in [0.25, 0.3) is 0 Å². The summed E-state index contributed by atoms with van der Waals surface area (Å²) in [5, 5.41) is 0. The minimum atomic E-state index is -0.450. The summed E-state index contributed by atoms with van der Waals surface area (Å²) in [4.78, 5) is 11.5. The van der Waals surface area contributed by atoms with Crippen molar-refractivity contribution in [3.63, 3.8) is 0 Å². The molecule has 0 saturated heterocycles. The van der Waals surface area contributed by atoms with Crippen LogP contribution in [0.15, 0.2) is 24.3 Å². The topological polar surface area (TPSA) is 43.1 Å². The third-order valence-corrected chi connectivity index (χ3v) is 3.28. The van der Waals surface area contributed by atoms with Crippen molar-refractivity contribution in [2.45, 2.75) is 31.6 Å². The Hall–Kier alpha value is -1.31. The van der Waals surface area contributed by atoms with Gasteiger partial charge in [-0.2, -0.15) is 0 Å². The minimum Gasteiger partial charge on any atom is -0.369 e. The fraction of sp³-hybridized carbons (Fsp3) is 0.417. The predicted octanol–water partition coefficient (Wildman–Crippen LogP) is 1.77. The number of nitrogens with two attached hydrogens (primary N) is 1. The number of benzene rings is 1. The largest absolute Gasteiger partial charge is 0.369 e. The van der Waals surface area contributed by atoms with Crippen molar-refractivity contribution in [1.29, 1.82) is 0 Å². The van der Waals surface area contributed by atoms with Gasteiger partial charge in [-0.1, -0.05) is 24.3 Å². The van der Waals surface area contributed by atoms with Crippen molar-refractivity contribution in [2.24, 2.45) is 5.73 Å². The van der Waals surface area contributed by atoms with E-state index in [0.717, 1.165) is 24.8 Å². The lowest BCUT2D eigenvalue weighted by atomic mass is 9.71. The van der Waals surface area contributed by atoms with Crippen LogP contribution in [0.3, 0.4) is 0 Å². The molecule has 0 bridgehead atoms. The maximum absolute atomic E-state index is 11.5. The fourth-order valence-corrected chi connectivity index (χ4v) is 2.30. The van der Waals surface area contributed by atoms with Crippen LogP contribution in [0.2, 0.25) is 0 Å². The zero-order valence-electron chi connectivity index (χ0n) is 8.42. The Morgan fingerprint density at radius 1 is 1.43 bits per heavy atom. The van der Waals surface area contributed by atoms with Gasteiger partial charge < -0.3 is 5.73 Å². The molecule has 2 N–H and O–H groups in total. The number of hydrogen-bond donors (Lipinski definition) is 1. The summed E-state index contributed by atoms with van der Waals surface area (Å²) in [5.41, 5.74) is 7.43. The maximum Gasteiger partial charge on any atom is 0.227 e. The minimum absolute atomic E-state index is 0.204. The molecule has 0 aromatic heterocycles. The van der Waals surface area contributed by atoms with E-state index < -0.39 is 5.41 Å². The van der Waals surface area contributed by atoms with Crippen LogP contribution in [0, 0.1) is 0 Å². The molecule has 0 heterocycles. The molecule has 1 aromatic rings. The highest BCUT2D eigenvalue weighted by atomic mass is 16.1. The van der Waals surface area contributed by atoms with Gasteiger partial charge in [-0.3, -0.25) is 4.79 Å². The van der Waals surface area contributed by atoms with Gasteiger partial charge in [-0.05, 0) is 37.3 Å². The first-order chi connectivity index (χ1) is 6.64. The Bertz CT molecular complexity index is 372. The Kier molecular flexibility index (Phi) is 2.06. The number of fused-ring (bicyclic) bond motifs is 1. The van der Waals surface area contributed by atoms with Crippen molar-refractivity contribution in [3.05, 3.63) is 35.4 Å². The molecule has 0 fully saturated rings. The van der Waals surface area contributed by atoms with Crippen molar-refractivity contribution >= 4 is 5.91 Å². The van der Waals surface area contributed by atoms with E-state index in [0.29, 0.717) is 0 Å². The number of amides is 1. The second-order valence-corrected chi connectivity index (χ2v) is 4.21.